The van der Waals surface area contributed by atoms with E-state index in [1.54, 1.807) is 6.92 Å². The van der Waals surface area contributed by atoms with Gasteiger partial charge in [-0.05, 0) is 37.3 Å². The summed E-state index contributed by atoms with van der Waals surface area (Å²) >= 11 is 0. The van der Waals surface area contributed by atoms with Crippen molar-refractivity contribution in [2.24, 2.45) is 11.1 Å². The van der Waals surface area contributed by atoms with E-state index in [9.17, 15) is 13.6 Å². The van der Waals surface area contributed by atoms with Crippen LogP contribution in [0.5, 0.6) is 0 Å². The number of nitrogens with one attached hydrogen (secondary N) is 1. The normalized spacial score (nSPS) is 22.2. The smallest absolute Gasteiger partial charge is 0.234 e. The van der Waals surface area contributed by atoms with Crippen LogP contribution in [0.4, 0.5) is 8.78 Å². The maximum Gasteiger partial charge on any atom is 0.234 e. The second-order valence-electron chi connectivity index (χ2n) is 7.47. The number of halogens is 2. The van der Waals surface area contributed by atoms with E-state index in [1.165, 1.54) is 18.2 Å². The number of carbonyl (C=O) groups is 1. The fourth-order valence-corrected chi connectivity index (χ4v) is 3.23. The maximum absolute atomic E-state index is 13.7. The van der Waals surface area contributed by atoms with Crippen LogP contribution in [-0.4, -0.2) is 42.5 Å². The van der Waals surface area contributed by atoms with Gasteiger partial charge in [-0.3, -0.25) is 9.69 Å². The average molecular weight is 339 g/mol. The Bertz CT molecular complexity index is 571. The first kappa shape index (κ1) is 18.8. The molecule has 0 bridgehead atoms. The molecule has 1 heterocycles. The molecule has 1 fully saturated rings. The Labute approximate surface area is 142 Å². The molecular formula is C18H27F2N3O. The molecule has 0 spiro atoms. The molecule has 0 aromatic heterocycles. The lowest BCUT2D eigenvalue weighted by Crippen LogP contribution is -2.54. The third-order valence-corrected chi connectivity index (χ3v) is 4.74. The number of amides is 1. The number of hydrogen-bond acceptors (Lipinski definition) is 3. The van der Waals surface area contributed by atoms with Crippen molar-refractivity contribution in [3.8, 4) is 0 Å². The molecule has 24 heavy (non-hydrogen) atoms. The minimum atomic E-state index is -0.581. The summed E-state index contributed by atoms with van der Waals surface area (Å²) in [7, 11) is 0. The number of benzene rings is 1. The van der Waals surface area contributed by atoms with Gasteiger partial charge in [0.05, 0.1) is 6.54 Å². The number of piperidine rings is 1. The van der Waals surface area contributed by atoms with Crippen LogP contribution in [0.3, 0.4) is 0 Å². The highest BCUT2D eigenvalue weighted by atomic mass is 19.1. The fourth-order valence-electron chi connectivity index (χ4n) is 3.23. The highest BCUT2D eigenvalue weighted by Gasteiger charge is 2.34. The van der Waals surface area contributed by atoms with E-state index in [-0.39, 0.29) is 41.9 Å². The standard InChI is InChI=1S/C18H27F2N3O/c1-12(9-13-14(19)5-4-6-15(13)20)22-17(24)10-23-8-7-16(21)18(2,3)11-23/h4-6,12,16H,7-11,21H2,1-3H3,(H,22,24). The molecule has 1 aromatic carbocycles. The molecular weight excluding hydrogens is 312 g/mol. The zero-order chi connectivity index (χ0) is 17.9. The van der Waals surface area contributed by atoms with Gasteiger partial charge in [0, 0.05) is 30.7 Å². The molecule has 4 nitrogen and oxygen atoms in total. The van der Waals surface area contributed by atoms with Gasteiger partial charge in [0.25, 0.3) is 0 Å². The number of carbonyl (C=O) groups excluding carboxylic acids is 1. The Morgan fingerprint density at radius 1 is 1.42 bits per heavy atom. The zero-order valence-electron chi connectivity index (χ0n) is 14.6. The summed E-state index contributed by atoms with van der Waals surface area (Å²) in [6, 6.07) is 3.59. The van der Waals surface area contributed by atoms with Crippen molar-refractivity contribution >= 4 is 5.91 Å². The van der Waals surface area contributed by atoms with Gasteiger partial charge in [0.1, 0.15) is 11.6 Å². The van der Waals surface area contributed by atoms with Gasteiger partial charge in [-0.25, -0.2) is 8.78 Å². The lowest BCUT2D eigenvalue weighted by molar-refractivity contribution is -0.123. The fraction of sp³-hybridized carbons (Fsp3) is 0.611. The molecule has 2 atom stereocenters. The summed E-state index contributed by atoms with van der Waals surface area (Å²) in [4.78, 5) is 14.3. The van der Waals surface area contributed by atoms with E-state index in [0.717, 1.165) is 19.5 Å². The molecule has 1 aliphatic rings. The summed E-state index contributed by atoms with van der Waals surface area (Å²) in [6.45, 7) is 7.78. The van der Waals surface area contributed by atoms with Gasteiger partial charge in [-0.1, -0.05) is 19.9 Å². The molecule has 2 unspecified atom stereocenters. The number of likely N-dealkylation sites (tertiary alicyclic amines) is 1. The number of nitrogens with zero attached hydrogens (tertiary/aromatic N) is 1. The molecule has 0 radical (unpaired) electrons. The van der Waals surface area contributed by atoms with E-state index in [4.69, 9.17) is 5.73 Å². The Morgan fingerprint density at radius 3 is 2.62 bits per heavy atom. The second-order valence-corrected chi connectivity index (χ2v) is 7.47. The average Bonchev–Trinajstić information content (AvgIpc) is 2.46. The molecule has 1 aromatic rings. The first-order chi connectivity index (χ1) is 11.2. The van der Waals surface area contributed by atoms with Crippen LogP contribution in [0.1, 0.15) is 32.8 Å². The first-order valence-electron chi connectivity index (χ1n) is 8.39. The zero-order valence-corrected chi connectivity index (χ0v) is 14.6. The summed E-state index contributed by atoms with van der Waals surface area (Å²) in [5, 5.41) is 2.82. The van der Waals surface area contributed by atoms with Gasteiger partial charge >= 0.3 is 0 Å². The maximum atomic E-state index is 13.7. The summed E-state index contributed by atoms with van der Waals surface area (Å²) < 4.78 is 27.3. The highest BCUT2D eigenvalue weighted by molar-refractivity contribution is 5.78. The van der Waals surface area contributed by atoms with E-state index in [1.807, 2.05) is 0 Å². The van der Waals surface area contributed by atoms with Crippen LogP contribution < -0.4 is 11.1 Å². The molecule has 0 aliphatic carbocycles. The largest absolute Gasteiger partial charge is 0.352 e. The predicted octanol–water partition coefficient (Wildman–Crippen LogP) is 2.07. The van der Waals surface area contributed by atoms with Crippen molar-refractivity contribution in [1.82, 2.24) is 10.2 Å². The van der Waals surface area contributed by atoms with E-state index in [2.05, 4.69) is 24.1 Å². The Kier molecular flexibility index (Phi) is 5.93. The van der Waals surface area contributed by atoms with Crippen LogP contribution in [0, 0.1) is 17.0 Å². The summed E-state index contributed by atoms with van der Waals surface area (Å²) in [5.74, 6) is -1.30. The minimum absolute atomic E-state index is 0.00961. The third-order valence-electron chi connectivity index (χ3n) is 4.74. The van der Waals surface area contributed by atoms with Gasteiger partial charge in [0.2, 0.25) is 5.91 Å². The van der Waals surface area contributed by atoms with E-state index < -0.39 is 11.6 Å². The molecule has 2 rings (SSSR count). The Hall–Kier alpha value is -1.53. The highest BCUT2D eigenvalue weighted by Crippen LogP contribution is 2.27. The van der Waals surface area contributed by atoms with Crippen LogP contribution in [-0.2, 0) is 11.2 Å². The van der Waals surface area contributed by atoms with Crippen molar-refractivity contribution in [2.75, 3.05) is 19.6 Å². The number of nitrogens with two attached hydrogens (primary N) is 1. The molecule has 134 valence electrons. The van der Waals surface area contributed by atoms with Crippen LogP contribution in [0.25, 0.3) is 0 Å². The van der Waals surface area contributed by atoms with Crippen molar-refractivity contribution in [3.05, 3.63) is 35.4 Å². The van der Waals surface area contributed by atoms with Crippen molar-refractivity contribution in [2.45, 2.75) is 45.7 Å². The predicted molar refractivity (Wildman–Crippen MR) is 90.5 cm³/mol. The lowest BCUT2D eigenvalue weighted by Gasteiger charge is -2.42. The molecule has 6 heteroatoms. The summed E-state index contributed by atoms with van der Waals surface area (Å²) in [5.41, 5.74) is 6.08. The van der Waals surface area contributed by atoms with E-state index >= 15 is 0 Å². The third kappa shape index (κ3) is 4.74. The first-order valence-corrected chi connectivity index (χ1v) is 8.39. The van der Waals surface area contributed by atoms with Gasteiger partial charge in [-0.15, -0.1) is 0 Å². The molecule has 1 amide bonds. The van der Waals surface area contributed by atoms with Crippen molar-refractivity contribution in [1.29, 1.82) is 0 Å². The van der Waals surface area contributed by atoms with Gasteiger partial charge in [0.15, 0.2) is 0 Å². The molecule has 3 N–H and O–H groups in total. The van der Waals surface area contributed by atoms with Crippen molar-refractivity contribution in [3.63, 3.8) is 0 Å². The van der Waals surface area contributed by atoms with Gasteiger partial charge < -0.3 is 11.1 Å². The second kappa shape index (κ2) is 7.57. The SMILES string of the molecule is CC(Cc1c(F)cccc1F)NC(=O)CN1CCC(N)C(C)(C)C1. The Morgan fingerprint density at radius 2 is 2.04 bits per heavy atom. The molecule has 1 saturated heterocycles. The molecule has 0 saturated carbocycles. The molecule has 1 aliphatic heterocycles. The summed E-state index contributed by atoms with van der Waals surface area (Å²) in [6.07, 6.45) is 0.983. The quantitative estimate of drug-likeness (QED) is 0.863. The topological polar surface area (TPSA) is 58.4 Å². The van der Waals surface area contributed by atoms with Gasteiger partial charge in [-0.2, -0.15) is 0 Å². The van der Waals surface area contributed by atoms with E-state index in [0.29, 0.717) is 0 Å². The van der Waals surface area contributed by atoms with Crippen molar-refractivity contribution < 1.29 is 13.6 Å². The Balaban J connectivity index is 1.86. The minimum Gasteiger partial charge on any atom is -0.352 e. The van der Waals surface area contributed by atoms with Crippen LogP contribution >= 0.6 is 0 Å². The monoisotopic (exact) mass is 339 g/mol. The van der Waals surface area contributed by atoms with Crippen LogP contribution in [0.2, 0.25) is 0 Å². The lowest BCUT2D eigenvalue weighted by atomic mass is 9.80. The number of rotatable bonds is 5. The number of hydrogen-bond donors (Lipinski definition) is 2. The van der Waals surface area contributed by atoms with Crippen LogP contribution in [0.15, 0.2) is 18.2 Å².